The van der Waals surface area contributed by atoms with Gasteiger partial charge in [-0.2, -0.15) is 4.57 Å². The summed E-state index contributed by atoms with van der Waals surface area (Å²) >= 11 is 0. The summed E-state index contributed by atoms with van der Waals surface area (Å²) in [5.41, 5.74) is 1.23. The molecule has 3 nitrogen and oxygen atoms in total. The fourth-order valence-electron chi connectivity index (χ4n) is 1.34. The molecule has 1 heterocycles. The van der Waals surface area contributed by atoms with Gasteiger partial charge in [-0.25, -0.2) is 0 Å². The number of aromatic nitrogens is 1. The molecule has 96 valence electrons. The van der Waals surface area contributed by atoms with Crippen molar-refractivity contribution in [3.63, 3.8) is 0 Å². The Bertz CT molecular complexity index is 366. The maximum atomic E-state index is 11.4. The van der Waals surface area contributed by atoms with Crippen LogP contribution in [0.25, 0.3) is 0 Å². The zero-order chi connectivity index (χ0) is 12.1. The van der Waals surface area contributed by atoms with Crippen LogP contribution in [0.4, 0.5) is 0 Å². The lowest BCUT2D eigenvalue weighted by molar-refractivity contribution is -0.753. The lowest BCUT2D eigenvalue weighted by Gasteiger charge is -2.11. The summed E-state index contributed by atoms with van der Waals surface area (Å²) in [5, 5.41) is 0. The highest BCUT2D eigenvalue weighted by Crippen LogP contribution is 2.05. The van der Waals surface area contributed by atoms with Crippen molar-refractivity contribution in [3.8, 4) is 0 Å². The van der Waals surface area contributed by atoms with Gasteiger partial charge in [0, 0.05) is 18.6 Å². The summed E-state index contributed by atoms with van der Waals surface area (Å²) in [6.45, 7) is 7.65. The van der Waals surface area contributed by atoms with Crippen molar-refractivity contribution in [2.75, 3.05) is 0 Å². The van der Waals surface area contributed by atoms with Crippen LogP contribution in [0.2, 0.25) is 0 Å². The smallest absolute Gasteiger partial charge is 0.313 e. The van der Waals surface area contributed by atoms with E-state index in [2.05, 4.69) is 13.0 Å². The normalized spacial score (nSPS) is 11.8. The second-order valence-electron chi connectivity index (χ2n) is 4.20. The van der Waals surface area contributed by atoms with Crippen molar-refractivity contribution in [1.82, 2.24) is 0 Å². The summed E-state index contributed by atoms with van der Waals surface area (Å²) in [5.74, 6) is -0.251. The molecule has 1 rings (SSSR count). The van der Waals surface area contributed by atoms with Crippen LogP contribution < -0.4 is 4.57 Å². The minimum Gasteiger partial charge on any atom is -0.402 e. The Morgan fingerprint density at radius 1 is 1.41 bits per heavy atom. The van der Waals surface area contributed by atoms with Crippen molar-refractivity contribution < 1.29 is 14.1 Å². The zero-order valence-corrected chi connectivity index (χ0v) is 11.7. The van der Waals surface area contributed by atoms with Gasteiger partial charge in [-0.3, -0.25) is 4.79 Å². The highest BCUT2D eigenvalue weighted by atomic mass is 35.5. The minimum absolute atomic E-state index is 0. The predicted molar refractivity (Wildman–Crippen MR) is 68.9 cm³/mol. The van der Waals surface area contributed by atoms with E-state index in [-0.39, 0.29) is 30.5 Å². The van der Waals surface area contributed by atoms with Gasteiger partial charge in [0.15, 0.2) is 12.4 Å². The van der Waals surface area contributed by atoms with Crippen LogP contribution in [0.3, 0.4) is 0 Å². The summed E-state index contributed by atoms with van der Waals surface area (Å²) < 4.78 is 7.24. The average molecular weight is 259 g/mol. The molecule has 1 aromatic heterocycles. The van der Waals surface area contributed by atoms with Gasteiger partial charge in [0.2, 0.25) is 0 Å². The van der Waals surface area contributed by atoms with Gasteiger partial charge in [0.25, 0.3) is 0 Å². The summed E-state index contributed by atoms with van der Waals surface area (Å²) in [4.78, 5) is 11.4. The van der Waals surface area contributed by atoms with E-state index in [9.17, 15) is 4.79 Å². The minimum atomic E-state index is -0.249. The Kier molecular flexibility index (Phi) is 6.81. The van der Waals surface area contributed by atoms with Crippen molar-refractivity contribution in [3.05, 3.63) is 30.1 Å². The van der Waals surface area contributed by atoms with Gasteiger partial charge in [-0.1, -0.05) is 20.8 Å². The van der Waals surface area contributed by atoms with Crippen LogP contribution in [-0.2, 0) is 16.0 Å². The molecule has 0 aliphatic heterocycles. The molecular formula is C13H21ClNO2+. The van der Waals surface area contributed by atoms with Crippen LogP contribution >= 0.6 is 12.4 Å². The first-order valence-corrected chi connectivity index (χ1v) is 5.74. The first-order chi connectivity index (χ1) is 7.54. The van der Waals surface area contributed by atoms with E-state index >= 15 is 0 Å². The zero-order valence-electron chi connectivity index (χ0n) is 10.8. The molecule has 17 heavy (non-hydrogen) atoms. The SMILES string of the molecule is CCc1ccc[n+](C(C)OC(=O)C(C)C)c1.Cl. The number of hydrogen-bond acceptors (Lipinski definition) is 2. The quantitative estimate of drug-likeness (QED) is 0.614. The Labute approximate surface area is 109 Å². The molecule has 0 bridgehead atoms. The van der Waals surface area contributed by atoms with Crippen LogP contribution in [0.15, 0.2) is 24.5 Å². The Morgan fingerprint density at radius 3 is 2.59 bits per heavy atom. The van der Waals surface area contributed by atoms with Crippen molar-refractivity contribution in [1.29, 1.82) is 0 Å². The van der Waals surface area contributed by atoms with Crippen LogP contribution in [0.5, 0.6) is 0 Å². The molecule has 0 aliphatic carbocycles. The van der Waals surface area contributed by atoms with Gasteiger partial charge in [0.05, 0.1) is 5.92 Å². The van der Waals surface area contributed by atoms with E-state index in [1.807, 2.05) is 43.8 Å². The predicted octanol–water partition coefficient (Wildman–Crippen LogP) is 2.68. The highest BCUT2D eigenvalue weighted by Gasteiger charge is 2.19. The number of carbonyl (C=O) groups excluding carboxylic acids is 1. The maximum absolute atomic E-state index is 11.4. The van der Waals surface area contributed by atoms with Gasteiger partial charge in [0.1, 0.15) is 0 Å². The number of esters is 1. The molecule has 1 aromatic rings. The molecule has 0 aromatic carbocycles. The molecule has 0 N–H and O–H groups in total. The molecule has 0 fully saturated rings. The summed E-state index contributed by atoms with van der Waals surface area (Å²) in [6.07, 6.45) is 4.66. The lowest BCUT2D eigenvalue weighted by Crippen LogP contribution is -2.40. The third-order valence-corrected chi connectivity index (χ3v) is 2.47. The van der Waals surface area contributed by atoms with E-state index in [1.165, 1.54) is 5.56 Å². The van der Waals surface area contributed by atoms with Gasteiger partial charge >= 0.3 is 12.2 Å². The lowest BCUT2D eigenvalue weighted by atomic mass is 10.2. The number of pyridine rings is 1. The van der Waals surface area contributed by atoms with Crippen molar-refractivity contribution in [2.45, 2.75) is 40.3 Å². The fourth-order valence-corrected chi connectivity index (χ4v) is 1.34. The van der Waals surface area contributed by atoms with Gasteiger partial charge in [-0.05, 0) is 12.5 Å². The number of nitrogens with zero attached hydrogens (tertiary/aromatic N) is 1. The number of aryl methyl sites for hydroxylation is 1. The second kappa shape index (κ2) is 7.28. The van der Waals surface area contributed by atoms with Crippen molar-refractivity contribution >= 4 is 18.4 Å². The molecule has 4 heteroatoms. The Hall–Kier alpha value is -1.09. The van der Waals surface area contributed by atoms with Gasteiger partial charge < -0.3 is 4.74 Å². The van der Waals surface area contributed by atoms with Crippen LogP contribution in [-0.4, -0.2) is 5.97 Å². The van der Waals surface area contributed by atoms with Crippen LogP contribution in [0.1, 0.15) is 39.5 Å². The van der Waals surface area contributed by atoms with E-state index in [0.29, 0.717) is 0 Å². The number of halogens is 1. The molecule has 0 aliphatic rings. The largest absolute Gasteiger partial charge is 0.402 e. The Morgan fingerprint density at radius 2 is 2.06 bits per heavy atom. The number of ether oxygens (including phenoxy) is 1. The number of rotatable bonds is 4. The number of hydrogen-bond donors (Lipinski definition) is 0. The van der Waals surface area contributed by atoms with Crippen LogP contribution in [0, 0.1) is 5.92 Å². The third-order valence-electron chi connectivity index (χ3n) is 2.47. The third kappa shape index (κ3) is 4.73. The van der Waals surface area contributed by atoms with Crippen molar-refractivity contribution in [2.24, 2.45) is 5.92 Å². The molecule has 1 unspecified atom stereocenters. The molecule has 1 atom stereocenters. The van der Waals surface area contributed by atoms with E-state index in [4.69, 9.17) is 4.74 Å². The second-order valence-corrected chi connectivity index (χ2v) is 4.20. The average Bonchev–Trinajstić information content (AvgIpc) is 2.28. The van der Waals surface area contributed by atoms with E-state index in [1.54, 1.807) is 0 Å². The van der Waals surface area contributed by atoms with E-state index < -0.39 is 0 Å². The van der Waals surface area contributed by atoms with Gasteiger partial charge in [-0.15, -0.1) is 12.4 Å². The topological polar surface area (TPSA) is 30.2 Å². The fraction of sp³-hybridized carbons (Fsp3) is 0.538. The standard InChI is InChI=1S/C13H20NO2.ClH/c1-5-12-7-6-8-14(9-12)11(4)16-13(15)10(2)3;/h6-11H,5H2,1-4H3;1H/q+1;. The molecule has 0 radical (unpaired) electrons. The summed E-state index contributed by atoms with van der Waals surface area (Å²) in [7, 11) is 0. The molecule has 0 saturated heterocycles. The highest BCUT2D eigenvalue weighted by molar-refractivity contribution is 5.85. The molecule has 0 spiro atoms. The maximum Gasteiger partial charge on any atom is 0.313 e. The number of carbonyl (C=O) groups is 1. The monoisotopic (exact) mass is 258 g/mol. The molecule has 0 saturated carbocycles. The first-order valence-electron chi connectivity index (χ1n) is 5.74. The summed E-state index contributed by atoms with van der Waals surface area (Å²) in [6, 6.07) is 4.03. The Balaban J connectivity index is 0.00000256. The molecular weight excluding hydrogens is 238 g/mol. The first kappa shape index (κ1) is 15.9. The molecule has 0 amide bonds. The van der Waals surface area contributed by atoms with E-state index in [0.717, 1.165) is 6.42 Å².